The number of nitrogens with zero attached hydrogens (tertiary/aromatic N) is 5. The molecule has 2 aromatic rings. The van der Waals surface area contributed by atoms with Crippen molar-refractivity contribution in [1.82, 2.24) is 19.3 Å². The van der Waals surface area contributed by atoms with Gasteiger partial charge in [-0.15, -0.1) is 0 Å². The van der Waals surface area contributed by atoms with E-state index < -0.39 is 4.92 Å². The maximum Gasteiger partial charge on any atom is 0.406 e. The van der Waals surface area contributed by atoms with Gasteiger partial charge in [-0.05, 0) is 16.0 Å². The molecular weight excluding hydrogens is 224 g/mol. The van der Waals surface area contributed by atoms with Crippen LogP contribution in [0.1, 0.15) is 5.69 Å². The highest BCUT2D eigenvalue weighted by molar-refractivity contribution is 5.52. The second-order valence-corrected chi connectivity index (χ2v) is 3.58. The number of anilines is 1. The van der Waals surface area contributed by atoms with Crippen molar-refractivity contribution in [2.75, 3.05) is 5.32 Å². The molecule has 1 N–H and O–H groups in total. The van der Waals surface area contributed by atoms with Crippen LogP contribution >= 0.6 is 0 Å². The summed E-state index contributed by atoms with van der Waals surface area (Å²) in [6, 6.07) is 1.84. The number of imidazole rings is 1. The molecule has 8 heteroatoms. The van der Waals surface area contributed by atoms with Crippen LogP contribution in [0.5, 0.6) is 0 Å². The van der Waals surface area contributed by atoms with Crippen LogP contribution in [0.3, 0.4) is 0 Å². The highest BCUT2D eigenvalue weighted by Crippen LogP contribution is 2.21. The fourth-order valence-corrected chi connectivity index (χ4v) is 1.50. The molecule has 2 rings (SSSR count). The van der Waals surface area contributed by atoms with Crippen molar-refractivity contribution in [3.05, 3.63) is 34.4 Å². The first-order chi connectivity index (χ1) is 8.09. The van der Waals surface area contributed by atoms with E-state index in [0.717, 1.165) is 5.69 Å². The summed E-state index contributed by atoms with van der Waals surface area (Å²) in [5.41, 5.74) is 0.931. The van der Waals surface area contributed by atoms with Gasteiger partial charge in [-0.2, -0.15) is 5.10 Å². The van der Waals surface area contributed by atoms with E-state index in [1.807, 2.05) is 13.1 Å². The molecule has 0 saturated carbocycles. The highest BCUT2D eigenvalue weighted by atomic mass is 16.6. The van der Waals surface area contributed by atoms with E-state index in [4.69, 9.17) is 0 Å². The average molecular weight is 236 g/mol. The topological polar surface area (TPSA) is 90.8 Å². The van der Waals surface area contributed by atoms with Gasteiger partial charge in [0.2, 0.25) is 12.1 Å². The zero-order valence-electron chi connectivity index (χ0n) is 9.49. The Hall–Kier alpha value is -2.38. The number of rotatable bonds is 4. The Morgan fingerprint density at radius 3 is 2.88 bits per heavy atom. The van der Waals surface area contributed by atoms with Crippen LogP contribution in [0.25, 0.3) is 0 Å². The third-order valence-corrected chi connectivity index (χ3v) is 2.45. The summed E-state index contributed by atoms with van der Waals surface area (Å²) in [6.07, 6.45) is 3.08. The third-order valence-electron chi connectivity index (χ3n) is 2.45. The van der Waals surface area contributed by atoms with Crippen molar-refractivity contribution in [1.29, 1.82) is 0 Å². The van der Waals surface area contributed by atoms with Crippen LogP contribution in [0.15, 0.2) is 18.6 Å². The lowest BCUT2D eigenvalue weighted by Gasteiger charge is -2.06. The number of hydrogen-bond acceptors (Lipinski definition) is 5. The van der Waals surface area contributed by atoms with E-state index in [0.29, 0.717) is 12.4 Å². The largest absolute Gasteiger partial charge is 0.406 e. The molecule has 2 aromatic heterocycles. The fraction of sp³-hybridized carbons (Fsp3) is 0.333. The predicted octanol–water partition coefficient (Wildman–Crippen LogP) is 0.674. The molecule has 17 heavy (non-hydrogen) atoms. The van der Waals surface area contributed by atoms with Crippen molar-refractivity contribution in [3.63, 3.8) is 0 Å². The molecule has 0 bridgehead atoms. The minimum absolute atomic E-state index is 0.172. The molecule has 0 radical (unpaired) electrons. The summed E-state index contributed by atoms with van der Waals surface area (Å²) in [5.74, 6) is 0.214. The third kappa shape index (κ3) is 2.10. The van der Waals surface area contributed by atoms with Gasteiger partial charge in [0.25, 0.3) is 0 Å². The van der Waals surface area contributed by atoms with E-state index in [9.17, 15) is 10.1 Å². The molecule has 0 saturated heterocycles. The first kappa shape index (κ1) is 11.1. The summed E-state index contributed by atoms with van der Waals surface area (Å²) >= 11 is 0. The first-order valence-electron chi connectivity index (χ1n) is 4.96. The lowest BCUT2D eigenvalue weighted by atomic mass is 10.4. The molecule has 0 fully saturated rings. The van der Waals surface area contributed by atoms with Gasteiger partial charge in [-0.1, -0.05) is 0 Å². The summed E-state index contributed by atoms with van der Waals surface area (Å²) < 4.78 is 3.28. The molecule has 2 heterocycles. The number of nitro groups is 1. The fourth-order valence-electron chi connectivity index (χ4n) is 1.50. The molecule has 0 atom stereocenters. The van der Waals surface area contributed by atoms with Crippen molar-refractivity contribution < 1.29 is 4.92 Å². The van der Waals surface area contributed by atoms with Crippen LogP contribution in [-0.4, -0.2) is 24.3 Å². The number of aromatic nitrogens is 4. The number of hydrogen-bond donors (Lipinski definition) is 1. The normalized spacial score (nSPS) is 10.5. The van der Waals surface area contributed by atoms with Gasteiger partial charge in [0, 0.05) is 20.3 Å². The van der Waals surface area contributed by atoms with E-state index >= 15 is 0 Å². The van der Waals surface area contributed by atoms with E-state index in [1.54, 1.807) is 22.5 Å². The lowest BCUT2D eigenvalue weighted by Crippen LogP contribution is -2.09. The SMILES string of the molecule is Cn1cnc([N+](=O)[O-])c1NCc1ccnn1C. The number of nitrogens with one attached hydrogen (secondary N) is 1. The summed E-state index contributed by atoms with van der Waals surface area (Å²) in [6.45, 7) is 0.455. The Kier molecular flexibility index (Phi) is 2.77. The second kappa shape index (κ2) is 4.24. The highest BCUT2D eigenvalue weighted by Gasteiger charge is 2.19. The molecule has 0 aromatic carbocycles. The Bertz CT molecular complexity index is 543. The van der Waals surface area contributed by atoms with Gasteiger partial charge >= 0.3 is 5.82 Å². The molecule has 0 amide bonds. The van der Waals surface area contributed by atoms with Gasteiger partial charge in [0.15, 0.2) is 0 Å². The average Bonchev–Trinajstić information content (AvgIpc) is 2.82. The second-order valence-electron chi connectivity index (χ2n) is 3.58. The summed E-state index contributed by atoms with van der Waals surface area (Å²) in [4.78, 5) is 13.9. The first-order valence-corrected chi connectivity index (χ1v) is 4.96. The maximum absolute atomic E-state index is 10.7. The summed E-state index contributed by atoms with van der Waals surface area (Å²) in [7, 11) is 3.51. The summed E-state index contributed by atoms with van der Waals surface area (Å²) in [5, 5.41) is 17.7. The van der Waals surface area contributed by atoms with Crippen LogP contribution in [0, 0.1) is 10.1 Å². The molecule has 8 nitrogen and oxygen atoms in total. The Morgan fingerprint density at radius 2 is 2.29 bits per heavy atom. The quantitative estimate of drug-likeness (QED) is 0.622. The smallest absolute Gasteiger partial charge is 0.359 e. The standard InChI is InChI=1S/C9H12N6O2/c1-13-6-11-9(15(16)17)8(13)10-5-7-3-4-12-14(7)2/h3-4,6,10H,5H2,1-2H3. The minimum Gasteiger partial charge on any atom is -0.359 e. The molecule has 0 unspecified atom stereocenters. The van der Waals surface area contributed by atoms with E-state index in [1.165, 1.54) is 6.33 Å². The molecule has 90 valence electrons. The van der Waals surface area contributed by atoms with Crippen LogP contribution in [0.2, 0.25) is 0 Å². The van der Waals surface area contributed by atoms with Crippen molar-refractivity contribution in [3.8, 4) is 0 Å². The zero-order chi connectivity index (χ0) is 12.4. The molecule has 0 aliphatic heterocycles. The predicted molar refractivity (Wildman–Crippen MR) is 60.4 cm³/mol. The maximum atomic E-state index is 10.7. The molecular formula is C9H12N6O2. The van der Waals surface area contributed by atoms with E-state index in [2.05, 4.69) is 15.4 Å². The zero-order valence-corrected chi connectivity index (χ0v) is 9.49. The van der Waals surface area contributed by atoms with Gasteiger partial charge in [0.05, 0.1) is 12.2 Å². The lowest BCUT2D eigenvalue weighted by molar-refractivity contribution is -0.388. The van der Waals surface area contributed by atoms with Gasteiger partial charge in [-0.25, -0.2) is 0 Å². The van der Waals surface area contributed by atoms with Crippen molar-refractivity contribution in [2.24, 2.45) is 14.1 Å². The van der Waals surface area contributed by atoms with Crippen LogP contribution in [0.4, 0.5) is 11.6 Å². The van der Waals surface area contributed by atoms with Crippen molar-refractivity contribution >= 4 is 11.6 Å². The Morgan fingerprint density at radius 1 is 1.53 bits per heavy atom. The van der Waals surface area contributed by atoms with Gasteiger partial charge < -0.3 is 15.4 Å². The van der Waals surface area contributed by atoms with Crippen LogP contribution < -0.4 is 5.32 Å². The molecule has 0 aliphatic rings. The minimum atomic E-state index is -0.508. The Balaban J connectivity index is 2.16. The van der Waals surface area contributed by atoms with E-state index in [-0.39, 0.29) is 5.82 Å². The van der Waals surface area contributed by atoms with Gasteiger partial charge in [-0.3, -0.25) is 9.25 Å². The van der Waals surface area contributed by atoms with Crippen LogP contribution in [-0.2, 0) is 20.6 Å². The number of aryl methyl sites for hydroxylation is 2. The molecule has 0 aliphatic carbocycles. The monoisotopic (exact) mass is 236 g/mol. The Labute approximate surface area is 97.0 Å². The van der Waals surface area contributed by atoms with Crippen molar-refractivity contribution in [2.45, 2.75) is 6.54 Å². The van der Waals surface area contributed by atoms with Gasteiger partial charge in [0.1, 0.15) is 0 Å². The molecule has 0 spiro atoms.